The van der Waals surface area contributed by atoms with Crippen molar-refractivity contribution in [3.63, 3.8) is 0 Å². The van der Waals surface area contributed by atoms with Gasteiger partial charge in [-0.05, 0) is 141 Å². The number of benzene rings is 4. The number of phenols is 4. The smallest absolute Gasteiger partial charge is 0.128 e. The van der Waals surface area contributed by atoms with Crippen molar-refractivity contribution >= 4 is 43.6 Å². The molecule has 52 heavy (non-hydrogen) atoms. The Balaban J connectivity index is 1.54. The molecule has 0 aliphatic heterocycles. The van der Waals surface area contributed by atoms with E-state index in [1.54, 1.807) is 12.1 Å². The van der Waals surface area contributed by atoms with Gasteiger partial charge >= 0.3 is 0 Å². The highest BCUT2D eigenvalue weighted by Gasteiger charge is 2.25. The predicted octanol–water partition coefficient (Wildman–Crippen LogP) is 12.5. The molecule has 2 aromatic heterocycles. The van der Waals surface area contributed by atoms with E-state index < -0.39 is 0 Å². The maximum atomic E-state index is 11.8. The number of nitrogens with one attached hydrogen (secondary N) is 2. The fourth-order valence-corrected chi connectivity index (χ4v) is 7.39. The molecule has 0 amide bonds. The second-order valence-electron chi connectivity index (χ2n) is 15.1. The van der Waals surface area contributed by atoms with Crippen molar-refractivity contribution in [1.82, 2.24) is 9.97 Å². The molecular formula is C46H52N2O4. The quantitative estimate of drug-likeness (QED) is 0.0757. The SMILES string of the molecule is CC(C)=CCC/C(C)=C\Cc1c(O)ccc2c1[nH]c1c(-c3c(O)c(C)cc4c3[nH]c3c(C/C=C(\C)CCC=C(C)C)c(O)ccc34)c(O)c(C)cc12. The van der Waals surface area contributed by atoms with E-state index in [1.807, 2.05) is 38.1 Å². The number of aryl methyl sites for hydroxylation is 2. The standard InChI is InChI=1S/C46H52N2O4/c1-25(2)11-9-13-27(5)15-17-33-37(49)21-19-31-35-23-29(7)45(51)39(43(35)47-41(31)33)40-44-36(24-30(8)46(40)52)32-20-22-38(50)34(42(32)48-44)18-16-28(6)14-10-12-26(3)4/h11-12,15-16,19-24,47-52H,9-10,13-14,17-18H2,1-8H3/b27-15-,28-16+. The number of H-pyrrole nitrogens is 2. The Morgan fingerprint density at radius 1 is 0.519 bits per heavy atom. The Hall–Kier alpha value is -5.36. The number of aromatic amines is 2. The molecule has 0 aliphatic rings. The lowest BCUT2D eigenvalue weighted by Crippen LogP contribution is -1.91. The van der Waals surface area contributed by atoms with Crippen LogP contribution in [0, 0.1) is 13.8 Å². The molecule has 6 aromatic rings. The van der Waals surface area contributed by atoms with Crippen molar-refractivity contribution < 1.29 is 20.4 Å². The predicted molar refractivity (Wildman–Crippen MR) is 219 cm³/mol. The Bertz CT molecular complexity index is 2300. The van der Waals surface area contributed by atoms with Crippen molar-refractivity contribution in [3.05, 3.63) is 105 Å². The molecular weight excluding hydrogens is 645 g/mol. The minimum absolute atomic E-state index is 0.0682. The van der Waals surface area contributed by atoms with E-state index in [2.05, 4.69) is 75.8 Å². The zero-order chi connectivity index (χ0) is 37.4. The van der Waals surface area contributed by atoms with Crippen LogP contribution in [0.4, 0.5) is 0 Å². The molecule has 4 aromatic carbocycles. The lowest BCUT2D eigenvalue weighted by molar-refractivity contribution is 0.466. The molecule has 0 bridgehead atoms. The Kier molecular flexibility index (Phi) is 10.3. The minimum Gasteiger partial charge on any atom is -0.508 e. The second kappa shape index (κ2) is 14.7. The largest absolute Gasteiger partial charge is 0.508 e. The van der Waals surface area contributed by atoms with Gasteiger partial charge in [0.1, 0.15) is 23.0 Å². The van der Waals surface area contributed by atoms with E-state index >= 15 is 0 Å². The summed E-state index contributed by atoms with van der Waals surface area (Å²) in [6, 6.07) is 11.2. The molecule has 6 heteroatoms. The number of rotatable bonds is 11. The highest BCUT2D eigenvalue weighted by Crippen LogP contribution is 2.50. The third kappa shape index (κ3) is 6.94. The first kappa shape index (κ1) is 36.4. The van der Waals surface area contributed by atoms with Crippen molar-refractivity contribution in [1.29, 1.82) is 0 Å². The first-order chi connectivity index (χ1) is 24.8. The number of fused-ring (bicyclic) bond motifs is 6. The normalized spacial score (nSPS) is 12.5. The zero-order valence-electron chi connectivity index (χ0n) is 31.8. The number of aromatic nitrogens is 2. The van der Waals surface area contributed by atoms with Crippen LogP contribution >= 0.6 is 0 Å². The lowest BCUT2D eigenvalue weighted by atomic mass is 9.93. The van der Waals surface area contributed by atoms with E-state index in [0.717, 1.165) is 69.4 Å². The van der Waals surface area contributed by atoms with Gasteiger partial charge in [-0.3, -0.25) is 0 Å². The molecule has 6 N–H and O–H groups in total. The summed E-state index contributed by atoms with van der Waals surface area (Å²) in [7, 11) is 0. The monoisotopic (exact) mass is 696 g/mol. The summed E-state index contributed by atoms with van der Waals surface area (Å²) < 4.78 is 0. The van der Waals surface area contributed by atoms with Crippen LogP contribution < -0.4 is 0 Å². The zero-order valence-corrected chi connectivity index (χ0v) is 31.8. The van der Waals surface area contributed by atoms with Crippen LogP contribution in [0.25, 0.3) is 54.7 Å². The average molecular weight is 697 g/mol. The Labute approximate surface area is 306 Å². The van der Waals surface area contributed by atoms with E-state index in [9.17, 15) is 20.4 Å². The molecule has 0 spiro atoms. The summed E-state index contributed by atoms with van der Waals surface area (Å²) in [6.07, 6.45) is 13.8. The first-order valence-corrected chi connectivity index (χ1v) is 18.3. The van der Waals surface area contributed by atoms with Crippen molar-refractivity contribution in [3.8, 4) is 34.1 Å². The number of allylic oxidation sites excluding steroid dienone is 8. The van der Waals surface area contributed by atoms with E-state index in [4.69, 9.17) is 0 Å². The molecule has 0 fully saturated rings. The van der Waals surface area contributed by atoms with Gasteiger partial charge < -0.3 is 30.4 Å². The van der Waals surface area contributed by atoms with Crippen LogP contribution in [0.15, 0.2) is 83.0 Å². The first-order valence-electron chi connectivity index (χ1n) is 18.3. The fourth-order valence-electron chi connectivity index (χ4n) is 7.39. The third-order valence-corrected chi connectivity index (χ3v) is 10.4. The molecule has 0 atom stereocenters. The molecule has 0 saturated heterocycles. The van der Waals surface area contributed by atoms with E-state index in [-0.39, 0.29) is 23.0 Å². The topological polar surface area (TPSA) is 112 Å². The molecule has 0 radical (unpaired) electrons. The van der Waals surface area contributed by atoms with Crippen molar-refractivity contribution in [2.75, 3.05) is 0 Å². The van der Waals surface area contributed by atoms with Crippen LogP contribution in [0.3, 0.4) is 0 Å². The van der Waals surface area contributed by atoms with Crippen LogP contribution in [-0.2, 0) is 12.8 Å². The van der Waals surface area contributed by atoms with Crippen LogP contribution in [0.2, 0.25) is 0 Å². The highest BCUT2D eigenvalue weighted by atomic mass is 16.3. The highest BCUT2D eigenvalue weighted by molar-refractivity contribution is 6.20. The van der Waals surface area contributed by atoms with Crippen molar-refractivity contribution in [2.24, 2.45) is 0 Å². The van der Waals surface area contributed by atoms with Gasteiger partial charge in [0.05, 0.1) is 33.2 Å². The summed E-state index contributed by atoms with van der Waals surface area (Å²) in [5.41, 5.74) is 12.0. The number of phenolic OH excluding ortho intramolecular Hbond substituents is 4. The molecule has 0 unspecified atom stereocenters. The van der Waals surface area contributed by atoms with Gasteiger partial charge in [-0.15, -0.1) is 0 Å². The molecule has 0 saturated carbocycles. The summed E-state index contributed by atoms with van der Waals surface area (Å²) in [6.45, 7) is 16.4. The second-order valence-corrected chi connectivity index (χ2v) is 15.1. The van der Waals surface area contributed by atoms with Crippen LogP contribution in [-0.4, -0.2) is 30.4 Å². The van der Waals surface area contributed by atoms with Gasteiger partial charge in [0.25, 0.3) is 0 Å². The number of aromatic hydroxyl groups is 4. The minimum atomic E-state index is 0.0682. The Morgan fingerprint density at radius 3 is 1.27 bits per heavy atom. The average Bonchev–Trinajstić information content (AvgIpc) is 3.63. The molecule has 6 nitrogen and oxygen atoms in total. The summed E-state index contributed by atoms with van der Waals surface area (Å²) in [5, 5.41) is 49.5. The van der Waals surface area contributed by atoms with E-state index in [0.29, 0.717) is 46.1 Å². The Morgan fingerprint density at radius 2 is 0.904 bits per heavy atom. The summed E-state index contributed by atoms with van der Waals surface area (Å²) in [4.78, 5) is 7.18. The van der Waals surface area contributed by atoms with Gasteiger partial charge in [-0.2, -0.15) is 0 Å². The summed E-state index contributed by atoms with van der Waals surface area (Å²) >= 11 is 0. The van der Waals surface area contributed by atoms with Gasteiger partial charge in [0.15, 0.2) is 0 Å². The lowest BCUT2D eigenvalue weighted by Gasteiger charge is -2.14. The van der Waals surface area contributed by atoms with Crippen molar-refractivity contribution in [2.45, 2.75) is 93.9 Å². The van der Waals surface area contributed by atoms with Gasteiger partial charge in [-0.1, -0.05) is 46.6 Å². The molecule has 0 aliphatic carbocycles. The maximum absolute atomic E-state index is 11.8. The number of hydrogen-bond acceptors (Lipinski definition) is 4. The molecule has 270 valence electrons. The van der Waals surface area contributed by atoms with Crippen LogP contribution in [0.1, 0.15) is 89.5 Å². The van der Waals surface area contributed by atoms with E-state index in [1.165, 1.54) is 22.3 Å². The van der Waals surface area contributed by atoms with Gasteiger partial charge in [0.2, 0.25) is 0 Å². The third-order valence-electron chi connectivity index (χ3n) is 10.4. The van der Waals surface area contributed by atoms with Gasteiger partial charge in [0, 0.05) is 32.7 Å². The molecule has 6 rings (SSSR count). The summed E-state index contributed by atoms with van der Waals surface area (Å²) in [5.74, 6) is 0.553. The van der Waals surface area contributed by atoms with Crippen LogP contribution in [0.5, 0.6) is 23.0 Å². The number of hydrogen-bond donors (Lipinski definition) is 6. The fraction of sp³-hybridized carbons (Fsp3) is 0.304. The van der Waals surface area contributed by atoms with Gasteiger partial charge in [-0.25, -0.2) is 0 Å². The maximum Gasteiger partial charge on any atom is 0.128 e. The molecule has 2 heterocycles.